The molecule has 37 nitrogen and oxygen atoms in total. The summed E-state index contributed by atoms with van der Waals surface area (Å²) in [6, 6.07) is 12.9. The summed E-state index contributed by atoms with van der Waals surface area (Å²) in [5.74, 6) is -4.01. The first-order chi connectivity index (χ1) is 42.3. The van der Waals surface area contributed by atoms with Crippen molar-refractivity contribution in [3.8, 4) is 23.0 Å². The lowest BCUT2D eigenvalue weighted by atomic mass is 10.0. The Morgan fingerprint density at radius 3 is 1.33 bits per heavy atom. The molecule has 0 aliphatic rings. The Hall–Kier alpha value is -9.30. The fourth-order valence-electron chi connectivity index (χ4n) is 8.93. The zero-order valence-electron chi connectivity index (χ0n) is 44.6. The summed E-state index contributed by atoms with van der Waals surface area (Å²) < 4.78 is 288. The predicted octanol–water partition coefficient (Wildman–Crippen LogP) is 8.64. The Balaban J connectivity index is 1.18. The van der Waals surface area contributed by atoms with Crippen molar-refractivity contribution in [3.63, 3.8) is 0 Å². The van der Waals surface area contributed by atoms with Crippen LogP contribution in [0, 0.1) is 0 Å². The lowest BCUT2D eigenvalue weighted by Crippen LogP contribution is -2.04. The highest BCUT2D eigenvalue weighted by atomic mass is 32.2. The van der Waals surface area contributed by atoms with Crippen LogP contribution in [0.1, 0.15) is 0 Å². The summed E-state index contributed by atoms with van der Waals surface area (Å²) in [5.41, 5.74) is -2.28. The van der Waals surface area contributed by atoms with Gasteiger partial charge in [-0.2, -0.15) is 72.5 Å². The first kappa shape index (κ1) is 67.1. The highest BCUT2D eigenvalue weighted by molar-refractivity contribution is 7.88. The monoisotopic (exact) mass is 1430 g/mol. The number of nitrogens with zero attached hydrogens (tertiary/aromatic N) is 8. The Bertz CT molecular complexity index is 5910. The number of methoxy groups -OCH3 is 1. The molecule has 45 heteroatoms. The van der Waals surface area contributed by atoms with Crippen LogP contribution in [-0.4, -0.2) is 126 Å². The third kappa shape index (κ3) is 13.1. The molecule has 0 amide bonds. The molecule has 0 aromatic heterocycles. The fourth-order valence-corrected chi connectivity index (χ4v) is 14.4. The van der Waals surface area contributed by atoms with Gasteiger partial charge in [-0.1, -0.05) is 18.2 Å². The van der Waals surface area contributed by atoms with Crippen molar-refractivity contribution >= 4 is 175 Å². The summed E-state index contributed by atoms with van der Waals surface area (Å²) in [4.78, 5) is -9.70. The van der Waals surface area contributed by atoms with Crippen LogP contribution >= 0.6 is 0 Å². The highest BCUT2D eigenvalue weighted by Crippen LogP contribution is 2.51. The molecule has 0 fully saturated rings. The number of rotatable bonds is 17. The molecular formula is C47H33N9O28S8. The van der Waals surface area contributed by atoms with E-state index < -0.39 is 221 Å². The van der Waals surface area contributed by atoms with Crippen LogP contribution in [0.3, 0.4) is 0 Å². The number of azo groups is 4. The second kappa shape index (κ2) is 23.1. The normalized spacial score (nSPS) is 13.5. The SMILES string of the molecule is COc1ccc(/N=N\c2c(S(=O)(=O)O)cc3cc(N=Nc4c(S(=O)(=O)O)cc5c(S(=O)(=O)O)cc(/N=N/c6cc7c(O)c(N=Nc8ccc9c(S(=O)(=O)O)cccc9c8S(=O)(=O)O)c(S(=O)(=O)O)cc7cc6S(=O)(=O)O)c(N)c5c4O)ccc3c2O)c(S(=O)(=O)O)c1. The average molecular weight is 1430 g/mol. The maximum absolute atomic E-state index is 13.0. The lowest BCUT2D eigenvalue weighted by Gasteiger charge is -2.14. The van der Waals surface area contributed by atoms with Crippen molar-refractivity contribution in [1.82, 2.24) is 0 Å². The van der Waals surface area contributed by atoms with Crippen LogP contribution in [0.5, 0.6) is 23.0 Å². The van der Waals surface area contributed by atoms with Gasteiger partial charge in [0.1, 0.15) is 84.7 Å². The van der Waals surface area contributed by atoms with Gasteiger partial charge in [0.2, 0.25) is 0 Å². The largest absolute Gasteiger partial charge is 0.505 e. The molecule has 9 rings (SSSR count). The molecule has 13 N–H and O–H groups in total. The van der Waals surface area contributed by atoms with Crippen LogP contribution in [0.2, 0.25) is 0 Å². The van der Waals surface area contributed by atoms with Crippen LogP contribution in [0.15, 0.2) is 183 Å². The van der Waals surface area contributed by atoms with Crippen LogP contribution in [-0.2, 0) is 80.9 Å². The summed E-state index contributed by atoms with van der Waals surface area (Å²) in [7, 11) is -42.4. The van der Waals surface area contributed by atoms with Crippen LogP contribution in [0.4, 0.5) is 51.2 Å². The van der Waals surface area contributed by atoms with Crippen molar-refractivity contribution in [3.05, 3.63) is 103 Å². The van der Waals surface area contributed by atoms with Gasteiger partial charge in [-0.25, -0.2) is 0 Å². The molecule has 0 spiro atoms. The molecular weight excluding hydrogens is 1400 g/mol. The lowest BCUT2D eigenvalue weighted by molar-refractivity contribution is 0.412. The van der Waals surface area contributed by atoms with E-state index in [0.717, 1.165) is 61.7 Å². The number of hydrogen-bond donors (Lipinski definition) is 12. The van der Waals surface area contributed by atoms with Gasteiger partial charge < -0.3 is 25.8 Å². The van der Waals surface area contributed by atoms with E-state index in [1.807, 2.05) is 0 Å². The molecule has 0 heterocycles. The van der Waals surface area contributed by atoms with Crippen LogP contribution < -0.4 is 10.5 Å². The van der Waals surface area contributed by atoms with E-state index in [1.54, 1.807) is 0 Å². The first-order valence-electron chi connectivity index (χ1n) is 23.8. The molecule has 0 saturated carbocycles. The number of ether oxygens (including phenoxy) is 1. The van der Waals surface area contributed by atoms with Gasteiger partial charge in [-0.15, -0.1) is 35.8 Å². The van der Waals surface area contributed by atoms with Crippen molar-refractivity contribution in [1.29, 1.82) is 0 Å². The minimum atomic E-state index is -5.68. The summed E-state index contributed by atoms with van der Waals surface area (Å²) >= 11 is 0. The molecule has 0 saturated heterocycles. The minimum Gasteiger partial charge on any atom is -0.505 e. The van der Waals surface area contributed by atoms with E-state index in [1.165, 1.54) is 6.07 Å². The summed E-state index contributed by atoms with van der Waals surface area (Å²) in [6.07, 6.45) is 0. The van der Waals surface area contributed by atoms with E-state index in [0.29, 0.717) is 42.5 Å². The molecule has 482 valence electrons. The molecule has 0 aliphatic heterocycles. The van der Waals surface area contributed by atoms with Crippen molar-refractivity contribution in [2.45, 2.75) is 39.2 Å². The van der Waals surface area contributed by atoms with E-state index in [4.69, 9.17) is 10.5 Å². The number of phenolic OH excluding ortho intramolecular Hbond substituents is 3. The van der Waals surface area contributed by atoms with Gasteiger partial charge in [0.25, 0.3) is 80.9 Å². The van der Waals surface area contributed by atoms with Crippen molar-refractivity contribution in [2.24, 2.45) is 40.9 Å². The minimum absolute atomic E-state index is 0.0818. The second-order valence-electron chi connectivity index (χ2n) is 18.6. The predicted molar refractivity (Wildman–Crippen MR) is 313 cm³/mol. The number of aromatic hydroxyl groups is 3. The average Bonchev–Trinajstić information content (AvgIpc) is 0.751. The quantitative estimate of drug-likeness (QED) is 0.0230. The van der Waals surface area contributed by atoms with Gasteiger partial charge in [0, 0.05) is 33.0 Å². The number of anilines is 1. The van der Waals surface area contributed by atoms with E-state index in [-0.39, 0.29) is 16.5 Å². The molecule has 9 aromatic carbocycles. The molecule has 0 unspecified atom stereocenters. The van der Waals surface area contributed by atoms with E-state index in [2.05, 4.69) is 40.9 Å². The van der Waals surface area contributed by atoms with Crippen LogP contribution in [0.25, 0.3) is 43.1 Å². The van der Waals surface area contributed by atoms with Gasteiger partial charge in [0.05, 0.1) is 23.9 Å². The first-order valence-corrected chi connectivity index (χ1v) is 35.3. The molecule has 0 bridgehead atoms. The van der Waals surface area contributed by atoms with E-state index in [9.17, 15) is 119 Å². The Morgan fingerprint density at radius 2 is 0.783 bits per heavy atom. The number of nitrogen functional groups attached to an aromatic ring is 1. The second-order valence-corrected chi connectivity index (χ2v) is 29.7. The zero-order valence-corrected chi connectivity index (χ0v) is 51.1. The van der Waals surface area contributed by atoms with Gasteiger partial charge >= 0.3 is 0 Å². The Morgan fingerprint density at radius 1 is 0.337 bits per heavy atom. The number of phenols is 3. The number of benzene rings is 9. The highest BCUT2D eigenvalue weighted by Gasteiger charge is 2.32. The third-order valence-electron chi connectivity index (χ3n) is 12.9. The van der Waals surface area contributed by atoms with Crippen molar-refractivity contribution < 1.29 is 124 Å². The van der Waals surface area contributed by atoms with Gasteiger partial charge in [0.15, 0.2) is 17.2 Å². The van der Waals surface area contributed by atoms with Gasteiger partial charge in [-0.3, -0.25) is 36.4 Å². The zero-order chi connectivity index (χ0) is 68.1. The molecule has 0 atom stereocenters. The molecule has 92 heavy (non-hydrogen) atoms. The van der Waals surface area contributed by atoms with Gasteiger partial charge in [-0.05, 0) is 89.6 Å². The molecule has 9 aromatic rings. The Kier molecular flexibility index (Phi) is 16.9. The number of nitrogens with two attached hydrogens (primary N) is 1. The smallest absolute Gasteiger partial charge is 0.297 e. The Labute approximate surface area is 514 Å². The maximum atomic E-state index is 13.0. The third-order valence-corrected chi connectivity index (χ3v) is 20.0. The maximum Gasteiger partial charge on any atom is 0.297 e. The van der Waals surface area contributed by atoms with Crippen molar-refractivity contribution in [2.75, 3.05) is 12.8 Å². The standard InChI is InChI=1S/C47H33N9O28S8/c1-84-22-6-9-28(35(15-22)88(69,70)71)50-55-41-36(89(72,73)74)13-19-11-21(5-7-23(19)44(41)57)49-54-43-38(91(78,79)80)17-27-33(86(63,64)65)18-31(40(48)39(27)46(43)59)53-52-30-16-26-20(12-34(30)87(66,67)68)14-37(90(75,76)77)42(45(26)58)56-51-29-10-8-24-25(47(29)92(81,82)83)3-2-4-32(24)85(60,61)62/h2-18,57-59H,48H2,1H3,(H,60,61,62)(H,63,64,65)(H,66,67,68)(H,69,70,71)(H,72,73,74)(H,75,76,77)(H,78,79,80)(H,81,82,83)/b53-52+,54-49?,55-50-,56-51?. The number of fused-ring (bicyclic) bond motifs is 4. The summed E-state index contributed by atoms with van der Waals surface area (Å²) in [6.45, 7) is 0. The molecule has 0 aliphatic carbocycles. The molecule has 0 radical (unpaired) electrons. The fraction of sp³-hybridized carbons (Fsp3) is 0.0213. The topological polar surface area (TPSA) is 630 Å². The summed E-state index contributed by atoms with van der Waals surface area (Å²) in [5, 5.41) is 58.5. The van der Waals surface area contributed by atoms with E-state index >= 15 is 0 Å². The number of hydrogen-bond acceptors (Lipinski definition) is 29.